The number of hydrogen-bond acceptors (Lipinski definition) is 4. The maximum atomic E-state index is 12.3. The SMILES string of the molecule is CC(C)Oc1ccc(C(O)C(NC(=O)OC(C)(C)C)c2ccc(Cl)cc2)cc1. The van der Waals surface area contributed by atoms with Crippen molar-refractivity contribution >= 4 is 17.7 Å². The van der Waals surface area contributed by atoms with Gasteiger partial charge < -0.3 is 19.9 Å². The molecule has 152 valence electrons. The number of halogens is 1. The largest absolute Gasteiger partial charge is 0.491 e. The third-order valence-electron chi connectivity index (χ3n) is 3.81. The zero-order valence-electron chi connectivity index (χ0n) is 16.9. The van der Waals surface area contributed by atoms with Crippen molar-refractivity contribution in [2.45, 2.75) is 58.5 Å². The fraction of sp³-hybridized carbons (Fsp3) is 0.409. The molecule has 0 bridgehead atoms. The summed E-state index contributed by atoms with van der Waals surface area (Å²) in [7, 11) is 0. The van der Waals surface area contributed by atoms with Gasteiger partial charge in [0.1, 0.15) is 17.5 Å². The number of aliphatic hydroxyl groups excluding tert-OH is 1. The summed E-state index contributed by atoms with van der Waals surface area (Å²) in [6.45, 7) is 9.25. The molecule has 1 amide bonds. The molecule has 0 spiro atoms. The number of alkyl carbamates (subject to hydrolysis) is 1. The number of benzene rings is 2. The van der Waals surface area contributed by atoms with E-state index in [2.05, 4.69) is 5.32 Å². The van der Waals surface area contributed by atoms with Crippen LogP contribution in [0.15, 0.2) is 48.5 Å². The van der Waals surface area contributed by atoms with Gasteiger partial charge in [0.15, 0.2) is 0 Å². The first kappa shape index (κ1) is 22.1. The minimum absolute atomic E-state index is 0.0615. The molecule has 2 aromatic rings. The molecular formula is C22H28ClNO4. The summed E-state index contributed by atoms with van der Waals surface area (Å²) in [5.41, 5.74) is 0.715. The highest BCUT2D eigenvalue weighted by Crippen LogP contribution is 2.31. The molecule has 2 N–H and O–H groups in total. The molecule has 0 fully saturated rings. The normalized spacial score (nSPS) is 13.7. The predicted molar refractivity (Wildman–Crippen MR) is 111 cm³/mol. The molecule has 0 aliphatic rings. The van der Waals surface area contributed by atoms with Gasteiger partial charge in [0.25, 0.3) is 0 Å². The highest BCUT2D eigenvalue weighted by Gasteiger charge is 2.27. The fourth-order valence-electron chi connectivity index (χ4n) is 2.66. The molecular weight excluding hydrogens is 378 g/mol. The van der Waals surface area contributed by atoms with E-state index >= 15 is 0 Å². The Morgan fingerprint density at radius 2 is 1.54 bits per heavy atom. The van der Waals surface area contributed by atoms with Gasteiger partial charge >= 0.3 is 6.09 Å². The lowest BCUT2D eigenvalue weighted by Crippen LogP contribution is -2.37. The first-order chi connectivity index (χ1) is 13.0. The number of nitrogens with one attached hydrogen (secondary N) is 1. The van der Waals surface area contributed by atoms with E-state index in [0.29, 0.717) is 21.9 Å². The van der Waals surface area contributed by atoms with Crippen molar-refractivity contribution in [3.63, 3.8) is 0 Å². The molecule has 0 aliphatic heterocycles. The fourth-order valence-corrected chi connectivity index (χ4v) is 2.78. The number of amides is 1. The quantitative estimate of drug-likeness (QED) is 0.672. The first-order valence-electron chi connectivity index (χ1n) is 9.25. The molecule has 0 saturated heterocycles. The van der Waals surface area contributed by atoms with Crippen LogP contribution in [0.1, 0.15) is 57.9 Å². The van der Waals surface area contributed by atoms with Gasteiger partial charge in [0, 0.05) is 5.02 Å². The number of hydrogen-bond donors (Lipinski definition) is 2. The van der Waals surface area contributed by atoms with Crippen LogP contribution >= 0.6 is 11.6 Å². The third kappa shape index (κ3) is 6.73. The standard InChI is InChI=1S/C22H28ClNO4/c1-14(2)27-18-12-8-16(9-13-18)20(25)19(15-6-10-17(23)11-7-15)24-21(26)28-22(3,4)5/h6-14,19-20,25H,1-5H3,(H,24,26). The van der Waals surface area contributed by atoms with E-state index in [1.165, 1.54) is 0 Å². The van der Waals surface area contributed by atoms with E-state index in [-0.39, 0.29) is 6.10 Å². The van der Waals surface area contributed by atoms with Crippen molar-refractivity contribution < 1.29 is 19.4 Å². The number of ether oxygens (including phenoxy) is 2. The predicted octanol–water partition coefficient (Wildman–Crippen LogP) is 5.43. The second-order valence-corrected chi connectivity index (χ2v) is 8.29. The molecule has 5 nitrogen and oxygen atoms in total. The van der Waals surface area contributed by atoms with Gasteiger partial charge in [-0.25, -0.2) is 4.79 Å². The van der Waals surface area contributed by atoms with Gasteiger partial charge in [0.2, 0.25) is 0 Å². The van der Waals surface area contributed by atoms with Crippen molar-refractivity contribution in [1.29, 1.82) is 0 Å². The van der Waals surface area contributed by atoms with Crippen LogP contribution in [-0.4, -0.2) is 22.9 Å². The first-order valence-corrected chi connectivity index (χ1v) is 9.62. The van der Waals surface area contributed by atoms with Crippen LogP contribution in [0, 0.1) is 0 Å². The number of carbonyl (C=O) groups is 1. The van der Waals surface area contributed by atoms with Crippen molar-refractivity contribution in [2.24, 2.45) is 0 Å². The molecule has 0 aliphatic carbocycles. The van der Waals surface area contributed by atoms with E-state index < -0.39 is 23.8 Å². The lowest BCUT2D eigenvalue weighted by atomic mass is 9.96. The molecule has 0 radical (unpaired) electrons. The van der Waals surface area contributed by atoms with Gasteiger partial charge in [-0.2, -0.15) is 0 Å². The summed E-state index contributed by atoms with van der Waals surface area (Å²) in [5.74, 6) is 0.717. The maximum Gasteiger partial charge on any atom is 0.408 e. The maximum absolute atomic E-state index is 12.3. The number of rotatable bonds is 6. The lowest BCUT2D eigenvalue weighted by molar-refractivity contribution is 0.0419. The van der Waals surface area contributed by atoms with E-state index in [0.717, 1.165) is 0 Å². The summed E-state index contributed by atoms with van der Waals surface area (Å²) in [5, 5.41) is 14.3. The van der Waals surface area contributed by atoms with Crippen LogP contribution < -0.4 is 10.1 Å². The average molecular weight is 406 g/mol. The number of carbonyl (C=O) groups excluding carboxylic acids is 1. The Morgan fingerprint density at radius 3 is 2.04 bits per heavy atom. The minimum Gasteiger partial charge on any atom is -0.491 e. The highest BCUT2D eigenvalue weighted by atomic mass is 35.5. The Hall–Kier alpha value is -2.24. The van der Waals surface area contributed by atoms with Crippen molar-refractivity contribution in [3.8, 4) is 5.75 Å². The lowest BCUT2D eigenvalue weighted by Gasteiger charge is -2.27. The minimum atomic E-state index is -0.984. The monoisotopic (exact) mass is 405 g/mol. The summed E-state index contributed by atoms with van der Waals surface area (Å²) in [6, 6.07) is 13.4. The summed E-state index contributed by atoms with van der Waals surface area (Å²) < 4.78 is 11.0. The Morgan fingerprint density at radius 1 is 1.00 bits per heavy atom. The van der Waals surface area contributed by atoms with E-state index in [1.807, 2.05) is 13.8 Å². The molecule has 2 aromatic carbocycles. The molecule has 0 heterocycles. The van der Waals surface area contributed by atoms with Crippen LogP contribution in [0.3, 0.4) is 0 Å². The molecule has 2 atom stereocenters. The van der Waals surface area contributed by atoms with E-state index in [1.54, 1.807) is 69.3 Å². The van der Waals surface area contributed by atoms with Gasteiger partial charge in [-0.05, 0) is 70.0 Å². The van der Waals surface area contributed by atoms with Crippen LogP contribution in [0.5, 0.6) is 5.75 Å². The molecule has 2 unspecified atom stereocenters. The molecule has 0 saturated carbocycles. The summed E-state index contributed by atoms with van der Waals surface area (Å²) in [6.07, 6.45) is -1.53. The van der Waals surface area contributed by atoms with Gasteiger partial charge in [-0.3, -0.25) is 0 Å². The van der Waals surface area contributed by atoms with Crippen molar-refractivity contribution in [1.82, 2.24) is 5.32 Å². The Labute approximate surface area is 171 Å². The van der Waals surface area contributed by atoms with Crippen LogP contribution in [0.4, 0.5) is 4.79 Å². The molecule has 0 aromatic heterocycles. The van der Waals surface area contributed by atoms with Crippen LogP contribution in [0.2, 0.25) is 5.02 Å². The molecule has 6 heteroatoms. The highest BCUT2D eigenvalue weighted by molar-refractivity contribution is 6.30. The smallest absolute Gasteiger partial charge is 0.408 e. The van der Waals surface area contributed by atoms with Crippen molar-refractivity contribution in [2.75, 3.05) is 0 Å². The molecule has 2 rings (SSSR count). The van der Waals surface area contributed by atoms with E-state index in [9.17, 15) is 9.90 Å². The van der Waals surface area contributed by atoms with Crippen molar-refractivity contribution in [3.05, 3.63) is 64.7 Å². The Balaban J connectivity index is 2.26. The van der Waals surface area contributed by atoms with Gasteiger partial charge in [-0.1, -0.05) is 35.9 Å². The van der Waals surface area contributed by atoms with Crippen LogP contribution in [0.25, 0.3) is 0 Å². The summed E-state index contributed by atoms with van der Waals surface area (Å²) in [4.78, 5) is 12.3. The Kier molecular flexibility index (Phi) is 7.33. The zero-order chi connectivity index (χ0) is 20.9. The topological polar surface area (TPSA) is 67.8 Å². The average Bonchev–Trinajstić information content (AvgIpc) is 2.59. The zero-order valence-corrected chi connectivity index (χ0v) is 17.7. The van der Waals surface area contributed by atoms with Gasteiger partial charge in [0.05, 0.1) is 12.1 Å². The number of aliphatic hydroxyl groups is 1. The van der Waals surface area contributed by atoms with E-state index in [4.69, 9.17) is 21.1 Å². The summed E-state index contributed by atoms with van der Waals surface area (Å²) >= 11 is 5.98. The Bertz CT molecular complexity index is 767. The van der Waals surface area contributed by atoms with Crippen LogP contribution in [-0.2, 0) is 4.74 Å². The third-order valence-corrected chi connectivity index (χ3v) is 4.06. The molecule has 28 heavy (non-hydrogen) atoms. The second kappa shape index (κ2) is 9.30. The second-order valence-electron chi connectivity index (χ2n) is 7.86. The van der Waals surface area contributed by atoms with Gasteiger partial charge in [-0.15, -0.1) is 0 Å².